The summed E-state index contributed by atoms with van der Waals surface area (Å²) in [5.41, 5.74) is 0.650. The number of H-pyrrole nitrogens is 1. The molecule has 4 aromatic rings. The molecule has 0 aliphatic carbocycles. The van der Waals surface area contributed by atoms with E-state index in [9.17, 15) is 29.4 Å². The van der Waals surface area contributed by atoms with Gasteiger partial charge in [0.15, 0.2) is 0 Å². The average molecular weight is 742 g/mol. The fourth-order valence-electron chi connectivity index (χ4n) is 8.11. The van der Waals surface area contributed by atoms with E-state index in [-0.39, 0.29) is 47.3 Å². The molecule has 4 aliphatic rings. The van der Waals surface area contributed by atoms with Gasteiger partial charge in [-0.15, -0.1) is 11.3 Å². The first kappa shape index (κ1) is 36.8. The van der Waals surface area contributed by atoms with Crippen LogP contribution in [0.2, 0.25) is 0 Å². The number of piperidine rings is 4. The van der Waals surface area contributed by atoms with Gasteiger partial charge in [-0.2, -0.15) is 0 Å². The van der Waals surface area contributed by atoms with Gasteiger partial charge in [-0.1, -0.05) is 36.4 Å². The summed E-state index contributed by atoms with van der Waals surface area (Å²) >= 11 is 1.18. The van der Waals surface area contributed by atoms with Gasteiger partial charge in [0.2, 0.25) is 5.56 Å². The summed E-state index contributed by atoms with van der Waals surface area (Å²) in [6, 6.07) is 19.2. The molecule has 2 amide bonds. The Kier molecular flexibility index (Phi) is 11.0. The Morgan fingerprint density at radius 1 is 1.00 bits per heavy atom. The van der Waals surface area contributed by atoms with Crippen LogP contribution in [0.1, 0.15) is 68.7 Å². The zero-order chi connectivity index (χ0) is 37.1. The van der Waals surface area contributed by atoms with Gasteiger partial charge in [-0.25, -0.2) is 0 Å². The lowest BCUT2D eigenvalue weighted by Crippen LogP contribution is -2.55. The Bertz CT molecular complexity index is 2000. The van der Waals surface area contributed by atoms with Crippen LogP contribution < -0.4 is 10.9 Å². The topological polar surface area (TPSA) is 156 Å². The van der Waals surface area contributed by atoms with E-state index in [1.807, 2.05) is 30.3 Å². The molecule has 4 aliphatic heterocycles. The van der Waals surface area contributed by atoms with Gasteiger partial charge in [-0.3, -0.25) is 24.1 Å². The summed E-state index contributed by atoms with van der Waals surface area (Å²) in [4.78, 5) is 62.0. The van der Waals surface area contributed by atoms with E-state index in [0.717, 1.165) is 38.0 Å². The van der Waals surface area contributed by atoms with Gasteiger partial charge in [0.25, 0.3) is 11.8 Å². The monoisotopic (exact) mass is 741 g/mol. The largest absolute Gasteiger partial charge is 0.506 e. The number of nitrogens with zero attached hydrogens (tertiary/aromatic N) is 3. The number of aliphatic hydroxyl groups is 1. The van der Waals surface area contributed by atoms with E-state index in [2.05, 4.69) is 15.2 Å². The van der Waals surface area contributed by atoms with Gasteiger partial charge in [-0.05, 0) is 93.0 Å². The minimum absolute atomic E-state index is 0.0635. The standard InChI is InChI=1S/C40H47N5O7S/c1-43(19-5-18-41-24-31(47)28-8-10-30(46)36-29(28)9-13-35(48)42-36)37(49)33-11-12-34(53-33)38(50)45-22-16-40(17-23-45,27-6-3-2-4-7-27)39(51)52-32-25-44-20-14-26(32)15-21-44/h2-4,6-13,26,31-32,41,46-47H,5,14-25H2,1H3,(H,42,48). The first-order valence-corrected chi connectivity index (χ1v) is 19.3. The van der Waals surface area contributed by atoms with Gasteiger partial charge in [0.1, 0.15) is 11.9 Å². The second-order valence-electron chi connectivity index (χ2n) is 14.6. The van der Waals surface area contributed by atoms with Crippen molar-refractivity contribution in [3.63, 3.8) is 0 Å². The molecular formula is C40H47N5O7S. The summed E-state index contributed by atoms with van der Waals surface area (Å²) < 4.78 is 6.29. The number of likely N-dealkylation sites (tertiary alicyclic amines) is 1. The molecule has 0 spiro atoms. The summed E-state index contributed by atoms with van der Waals surface area (Å²) in [6.07, 6.45) is 2.75. The molecule has 4 saturated heterocycles. The van der Waals surface area contributed by atoms with E-state index in [1.165, 1.54) is 23.5 Å². The van der Waals surface area contributed by atoms with Crippen molar-refractivity contribution in [1.82, 2.24) is 25.0 Å². The molecule has 2 unspecified atom stereocenters. The Balaban J connectivity index is 0.898. The number of nitrogens with one attached hydrogen (secondary N) is 2. The molecule has 2 aromatic heterocycles. The normalized spacial score (nSPS) is 21.3. The number of hydrogen-bond donors (Lipinski definition) is 4. The fraction of sp³-hybridized carbons (Fsp3) is 0.450. The highest BCUT2D eigenvalue weighted by molar-refractivity contribution is 7.15. The number of carbonyl (C=O) groups is 3. The summed E-state index contributed by atoms with van der Waals surface area (Å²) in [5.74, 6) is -0.141. The smallest absolute Gasteiger partial charge is 0.317 e. The highest BCUT2D eigenvalue weighted by Crippen LogP contribution is 2.40. The predicted octanol–water partition coefficient (Wildman–Crippen LogP) is 3.89. The molecule has 6 heterocycles. The van der Waals surface area contributed by atoms with Crippen LogP contribution in [0.5, 0.6) is 5.75 Å². The lowest BCUT2D eigenvalue weighted by Gasteiger charge is -2.46. The molecule has 12 nitrogen and oxygen atoms in total. The molecule has 4 N–H and O–H groups in total. The molecular weight excluding hydrogens is 695 g/mol. The third-order valence-electron chi connectivity index (χ3n) is 11.3. The highest BCUT2D eigenvalue weighted by atomic mass is 32.1. The van der Waals surface area contributed by atoms with E-state index in [4.69, 9.17) is 4.74 Å². The van der Waals surface area contributed by atoms with Crippen LogP contribution in [0.15, 0.2) is 71.5 Å². The van der Waals surface area contributed by atoms with Crippen molar-refractivity contribution in [3.05, 3.63) is 98.0 Å². The molecule has 2 aromatic carbocycles. The fourth-order valence-corrected chi connectivity index (χ4v) is 9.08. The second kappa shape index (κ2) is 15.8. The van der Waals surface area contributed by atoms with E-state index >= 15 is 0 Å². The second-order valence-corrected chi connectivity index (χ2v) is 15.7. The number of carbonyl (C=O) groups excluding carboxylic acids is 3. The van der Waals surface area contributed by atoms with Crippen LogP contribution in [0.4, 0.5) is 0 Å². The van der Waals surface area contributed by atoms with Gasteiger partial charge in [0.05, 0.1) is 26.8 Å². The number of amides is 2. The lowest BCUT2D eigenvalue weighted by molar-refractivity contribution is -0.167. The highest BCUT2D eigenvalue weighted by Gasteiger charge is 2.47. The van der Waals surface area contributed by atoms with Gasteiger partial charge < -0.3 is 35.1 Å². The average Bonchev–Trinajstić information content (AvgIpc) is 3.69. The van der Waals surface area contributed by atoms with Crippen molar-refractivity contribution in [2.45, 2.75) is 49.7 Å². The quantitative estimate of drug-likeness (QED) is 0.125. The molecule has 0 radical (unpaired) electrons. The van der Waals surface area contributed by atoms with E-state index < -0.39 is 11.5 Å². The maximum Gasteiger partial charge on any atom is 0.317 e. The van der Waals surface area contributed by atoms with Crippen LogP contribution in [0.3, 0.4) is 0 Å². The number of esters is 1. The molecule has 13 heteroatoms. The van der Waals surface area contributed by atoms with Crippen molar-refractivity contribution in [1.29, 1.82) is 0 Å². The Morgan fingerprint density at radius 3 is 2.45 bits per heavy atom. The number of phenolic OH excluding ortho intramolecular Hbond substituents is 1. The SMILES string of the molecule is CN(CCCNCC(O)c1ccc(O)c2[nH]c(=O)ccc12)C(=O)c1ccc(C(=O)N2CCC(C(=O)OC3CN4CCC3CC4)(c3ccccc3)CC2)s1. The number of benzene rings is 2. The molecule has 8 rings (SSSR count). The Labute approximate surface area is 312 Å². The Hall–Kier alpha value is -4.56. The summed E-state index contributed by atoms with van der Waals surface area (Å²) in [6.45, 7) is 5.03. The number of rotatable bonds is 12. The summed E-state index contributed by atoms with van der Waals surface area (Å²) in [7, 11) is 1.73. The van der Waals surface area contributed by atoms with Crippen LogP contribution in [0.25, 0.3) is 10.9 Å². The van der Waals surface area contributed by atoms with Crippen LogP contribution in [-0.4, -0.2) is 113 Å². The number of aromatic nitrogens is 1. The number of pyridine rings is 1. The molecule has 4 fully saturated rings. The number of aromatic amines is 1. The zero-order valence-electron chi connectivity index (χ0n) is 30.0. The third-order valence-corrected chi connectivity index (χ3v) is 12.4. The predicted molar refractivity (Wildman–Crippen MR) is 202 cm³/mol. The van der Waals surface area contributed by atoms with Crippen LogP contribution in [0, 0.1) is 5.92 Å². The molecule has 2 bridgehead atoms. The number of phenols is 1. The number of aromatic hydroxyl groups is 1. The number of hydrogen-bond acceptors (Lipinski definition) is 10. The van der Waals surface area contributed by atoms with E-state index in [0.29, 0.717) is 72.1 Å². The minimum atomic E-state index is -0.871. The van der Waals surface area contributed by atoms with Crippen molar-refractivity contribution < 1.29 is 29.3 Å². The van der Waals surface area contributed by atoms with Crippen LogP contribution >= 0.6 is 11.3 Å². The van der Waals surface area contributed by atoms with Gasteiger partial charge >= 0.3 is 5.97 Å². The van der Waals surface area contributed by atoms with Crippen molar-refractivity contribution in [2.24, 2.45) is 5.92 Å². The zero-order valence-corrected chi connectivity index (χ0v) is 30.8. The maximum absolute atomic E-state index is 14.0. The van der Waals surface area contributed by atoms with Gasteiger partial charge in [0, 0.05) is 51.2 Å². The van der Waals surface area contributed by atoms with Crippen molar-refractivity contribution in [3.8, 4) is 5.75 Å². The van der Waals surface area contributed by atoms with Crippen LogP contribution in [-0.2, 0) is 14.9 Å². The third kappa shape index (κ3) is 7.75. The number of thiophene rings is 1. The van der Waals surface area contributed by atoms with E-state index in [1.54, 1.807) is 41.1 Å². The van der Waals surface area contributed by atoms with Crippen molar-refractivity contribution >= 4 is 40.0 Å². The number of fused-ring (bicyclic) bond motifs is 4. The molecule has 53 heavy (non-hydrogen) atoms. The lowest BCUT2D eigenvalue weighted by atomic mass is 9.72. The minimum Gasteiger partial charge on any atom is -0.506 e. The molecule has 2 atom stereocenters. The first-order valence-electron chi connectivity index (χ1n) is 18.5. The molecule has 280 valence electrons. The van der Waals surface area contributed by atoms with Crippen molar-refractivity contribution in [2.75, 3.05) is 59.4 Å². The summed E-state index contributed by atoms with van der Waals surface area (Å²) in [5, 5.41) is 24.7. The maximum atomic E-state index is 14.0. The first-order chi connectivity index (χ1) is 25.6. The number of aliphatic hydroxyl groups excluding tert-OH is 1. The number of ether oxygens (including phenoxy) is 1. The Morgan fingerprint density at radius 2 is 1.74 bits per heavy atom. The molecule has 0 saturated carbocycles.